The second-order valence-electron chi connectivity index (χ2n) is 5.42. The fourth-order valence-corrected chi connectivity index (χ4v) is 2.32. The van der Waals surface area contributed by atoms with Crippen molar-refractivity contribution in [3.8, 4) is 0 Å². The third kappa shape index (κ3) is 3.98. The highest BCUT2D eigenvalue weighted by Gasteiger charge is 2.33. The van der Waals surface area contributed by atoms with Crippen LogP contribution in [0.15, 0.2) is 24.4 Å². The second kappa shape index (κ2) is 6.74. The molecule has 0 spiro atoms. The van der Waals surface area contributed by atoms with E-state index in [2.05, 4.69) is 39.1 Å². The molecule has 0 bridgehead atoms. The van der Waals surface area contributed by atoms with E-state index in [-0.39, 0.29) is 11.8 Å². The fraction of sp³-hybridized carbons (Fsp3) is 0.667. The molecule has 1 aliphatic heterocycles. The summed E-state index contributed by atoms with van der Waals surface area (Å²) in [5, 5.41) is 0. The number of carbonyl (C=O) groups is 1. The van der Waals surface area contributed by atoms with Gasteiger partial charge in [0.15, 0.2) is 0 Å². The maximum atomic E-state index is 12.3. The minimum absolute atomic E-state index is 0.0873. The molecule has 3 nitrogen and oxygen atoms in total. The van der Waals surface area contributed by atoms with E-state index < -0.39 is 0 Å². The Morgan fingerprint density at radius 3 is 2.72 bits per heavy atom. The molecule has 0 aliphatic carbocycles. The summed E-state index contributed by atoms with van der Waals surface area (Å²) >= 11 is 0. The van der Waals surface area contributed by atoms with E-state index in [0.717, 1.165) is 50.0 Å². The van der Waals surface area contributed by atoms with E-state index in [0.29, 0.717) is 0 Å². The molecule has 1 saturated heterocycles. The summed E-state index contributed by atoms with van der Waals surface area (Å²) in [6.07, 6.45) is 3.58. The van der Waals surface area contributed by atoms with Crippen molar-refractivity contribution in [1.29, 1.82) is 0 Å². The third-order valence-electron chi connectivity index (χ3n) is 3.50. The van der Waals surface area contributed by atoms with Gasteiger partial charge in [0.05, 0.1) is 0 Å². The van der Waals surface area contributed by atoms with Gasteiger partial charge >= 0.3 is 0 Å². The fourth-order valence-electron chi connectivity index (χ4n) is 2.32. The van der Waals surface area contributed by atoms with Crippen LogP contribution in [-0.2, 0) is 4.79 Å². The molecule has 0 saturated carbocycles. The third-order valence-corrected chi connectivity index (χ3v) is 3.50. The van der Waals surface area contributed by atoms with Gasteiger partial charge in [-0.1, -0.05) is 25.7 Å². The Kier molecular flexibility index (Phi) is 5.60. The molecule has 0 aromatic carbocycles. The number of allylic oxidation sites excluding steroid dienone is 2. The molecule has 0 aromatic heterocycles. The van der Waals surface area contributed by atoms with Gasteiger partial charge in [-0.2, -0.15) is 0 Å². The van der Waals surface area contributed by atoms with Crippen LogP contribution in [0.3, 0.4) is 0 Å². The minimum Gasteiger partial charge on any atom is -0.316 e. The van der Waals surface area contributed by atoms with E-state index in [1.54, 1.807) is 0 Å². The Balaban J connectivity index is 2.48. The Labute approximate surface area is 111 Å². The van der Waals surface area contributed by atoms with Crippen LogP contribution in [0, 0.1) is 5.92 Å². The highest BCUT2D eigenvalue weighted by molar-refractivity contribution is 5.84. The molecule has 1 rings (SSSR count). The second-order valence-corrected chi connectivity index (χ2v) is 5.42. The molecule has 0 N–H and O–H groups in total. The van der Waals surface area contributed by atoms with Gasteiger partial charge in [0.25, 0.3) is 0 Å². The topological polar surface area (TPSA) is 23.6 Å². The number of nitrogens with zero attached hydrogens (tertiary/aromatic N) is 2. The monoisotopic (exact) mass is 250 g/mol. The Bertz CT molecular complexity index is 333. The molecule has 1 fully saturated rings. The quantitative estimate of drug-likeness (QED) is 0.649. The number of likely N-dealkylation sites (tertiary alicyclic amines) is 1. The van der Waals surface area contributed by atoms with Gasteiger partial charge in [-0.05, 0) is 46.3 Å². The molecule has 1 unspecified atom stereocenters. The number of hydrogen-bond donors (Lipinski definition) is 0. The van der Waals surface area contributed by atoms with Crippen molar-refractivity contribution in [3.63, 3.8) is 0 Å². The van der Waals surface area contributed by atoms with Gasteiger partial charge in [0, 0.05) is 18.2 Å². The predicted molar refractivity (Wildman–Crippen MR) is 76.2 cm³/mol. The van der Waals surface area contributed by atoms with Crippen LogP contribution in [0.4, 0.5) is 0 Å². The first-order valence-electron chi connectivity index (χ1n) is 6.76. The van der Waals surface area contributed by atoms with Crippen LogP contribution in [0.2, 0.25) is 0 Å². The number of hydrogen-bond acceptors (Lipinski definition) is 2. The number of rotatable bonds is 7. The van der Waals surface area contributed by atoms with Crippen LogP contribution >= 0.6 is 0 Å². The molecular formula is C15H26N2O. The number of carbonyl (C=O) groups excluding carboxylic acids is 1. The van der Waals surface area contributed by atoms with Crippen molar-refractivity contribution in [2.75, 3.05) is 27.2 Å². The normalized spacial score (nSPS) is 20.0. The Morgan fingerprint density at radius 2 is 2.17 bits per heavy atom. The summed E-state index contributed by atoms with van der Waals surface area (Å²) in [6, 6.07) is 0. The summed E-state index contributed by atoms with van der Waals surface area (Å²) < 4.78 is 0. The van der Waals surface area contributed by atoms with Gasteiger partial charge in [0.1, 0.15) is 0 Å². The van der Waals surface area contributed by atoms with Crippen molar-refractivity contribution in [3.05, 3.63) is 24.4 Å². The van der Waals surface area contributed by atoms with Gasteiger partial charge < -0.3 is 9.80 Å². The van der Waals surface area contributed by atoms with E-state index in [1.807, 2.05) is 4.90 Å². The van der Waals surface area contributed by atoms with Crippen molar-refractivity contribution >= 4 is 5.91 Å². The van der Waals surface area contributed by atoms with E-state index in [9.17, 15) is 4.79 Å². The molecule has 1 amide bonds. The molecule has 18 heavy (non-hydrogen) atoms. The average Bonchev–Trinajstić information content (AvgIpc) is 2.56. The van der Waals surface area contributed by atoms with Crippen molar-refractivity contribution in [2.45, 2.75) is 32.6 Å². The highest BCUT2D eigenvalue weighted by Crippen LogP contribution is 2.31. The Hall–Kier alpha value is -1.09. The summed E-state index contributed by atoms with van der Waals surface area (Å²) in [5.41, 5.74) is 2.14. The lowest BCUT2D eigenvalue weighted by atomic mass is 9.97. The molecule has 1 aliphatic rings. The first-order chi connectivity index (χ1) is 8.45. The van der Waals surface area contributed by atoms with Gasteiger partial charge in [-0.3, -0.25) is 4.79 Å². The maximum Gasteiger partial charge on any atom is 0.230 e. The lowest BCUT2D eigenvalue weighted by molar-refractivity contribution is -0.130. The standard InChI is InChI=1S/C15H26N2O/c1-6-12(2)10-14-11-13(3)17(15(14)18)9-7-8-16(4)5/h14H,2-3,6-11H2,1,4-5H3. The number of amides is 1. The van der Waals surface area contributed by atoms with Gasteiger partial charge in [-0.25, -0.2) is 0 Å². The van der Waals surface area contributed by atoms with Crippen LogP contribution in [0.1, 0.15) is 32.6 Å². The zero-order valence-electron chi connectivity index (χ0n) is 12.0. The van der Waals surface area contributed by atoms with Crippen molar-refractivity contribution in [1.82, 2.24) is 9.80 Å². The van der Waals surface area contributed by atoms with E-state index >= 15 is 0 Å². The zero-order valence-corrected chi connectivity index (χ0v) is 12.0. The largest absolute Gasteiger partial charge is 0.316 e. The molecule has 0 aromatic rings. The van der Waals surface area contributed by atoms with Crippen molar-refractivity contribution < 1.29 is 4.79 Å². The van der Waals surface area contributed by atoms with E-state index in [4.69, 9.17) is 0 Å². The van der Waals surface area contributed by atoms with Crippen LogP contribution < -0.4 is 0 Å². The van der Waals surface area contributed by atoms with Gasteiger partial charge in [-0.15, -0.1) is 0 Å². The molecule has 1 heterocycles. The van der Waals surface area contributed by atoms with Crippen LogP contribution in [0.25, 0.3) is 0 Å². The molecule has 102 valence electrons. The summed E-state index contributed by atoms with van der Waals surface area (Å²) in [6.45, 7) is 11.9. The first-order valence-corrected chi connectivity index (χ1v) is 6.76. The summed E-state index contributed by atoms with van der Waals surface area (Å²) in [4.78, 5) is 16.3. The Morgan fingerprint density at radius 1 is 1.50 bits per heavy atom. The van der Waals surface area contributed by atoms with Gasteiger partial charge in [0.2, 0.25) is 5.91 Å². The maximum absolute atomic E-state index is 12.3. The predicted octanol–water partition coefficient (Wildman–Crippen LogP) is 2.66. The molecule has 1 atom stereocenters. The van der Waals surface area contributed by atoms with Crippen LogP contribution in [-0.4, -0.2) is 42.9 Å². The smallest absolute Gasteiger partial charge is 0.230 e. The zero-order chi connectivity index (χ0) is 13.7. The molecule has 0 radical (unpaired) electrons. The summed E-state index contributed by atoms with van der Waals surface area (Å²) in [7, 11) is 4.10. The average molecular weight is 250 g/mol. The highest BCUT2D eigenvalue weighted by atomic mass is 16.2. The SMILES string of the molecule is C=C(CC)CC1CC(=C)N(CCCN(C)C)C1=O. The molecule has 3 heteroatoms. The van der Waals surface area contributed by atoms with E-state index in [1.165, 1.54) is 0 Å². The first kappa shape index (κ1) is 15.0. The minimum atomic E-state index is 0.0873. The summed E-state index contributed by atoms with van der Waals surface area (Å²) in [5.74, 6) is 0.331. The lowest BCUT2D eigenvalue weighted by Gasteiger charge is -2.19. The van der Waals surface area contributed by atoms with Crippen molar-refractivity contribution in [2.24, 2.45) is 5.92 Å². The van der Waals surface area contributed by atoms with Crippen LogP contribution in [0.5, 0.6) is 0 Å². The lowest BCUT2D eigenvalue weighted by Crippen LogP contribution is -2.29. The molecular weight excluding hydrogens is 224 g/mol.